The summed E-state index contributed by atoms with van der Waals surface area (Å²) in [7, 11) is 0. The molecule has 1 atom stereocenters. The lowest BCUT2D eigenvalue weighted by atomic mass is 10.2. The summed E-state index contributed by atoms with van der Waals surface area (Å²) in [5, 5.41) is 9.75. The highest BCUT2D eigenvalue weighted by Crippen LogP contribution is 2.22. The largest absolute Gasteiger partial charge is 0.476 e. The third-order valence-electron chi connectivity index (χ3n) is 2.22. The van der Waals surface area contributed by atoms with Crippen LogP contribution in [0.3, 0.4) is 0 Å². The van der Waals surface area contributed by atoms with E-state index in [2.05, 4.69) is 6.07 Å². The number of ether oxygens (including phenoxy) is 1. The fourth-order valence-corrected chi connectivity index (χ4v) is 1.38. The molecule has 0 aliphatic heterocycles. The number of hydrogen-bond acceptors (Lipinski definition) is 3. The van der Waals surface area contributed by atoms with Gasteiger partial charge in [-0.3, -0.25) is 0 Å². The molecule has 0 bridgehead atoms. The topological polar surface area (TPSA) is 46.2 Å². The first-order chi connectivity index (χ1) is 7.33. The third kappa shape index (κ3) is 1.94. The summed E-state index contributed by atoms with van der Waals surface area (Å²) in [6, 6.07) is 9.49. The van der Waals surface area contributed by atoms with Gasteiger partial charge in [-0.25, -0.2) is 0 Å². The van der Waals surface area contributed by atoms with Gasteiger partial charge in [0.15, 0.2) is 6.10 Å². The van der Waals surface area contributed by atoms with Crippen molar-refractivity contribution in [1.82, 2.24) is 0 Å². The van der Waals surface area contributed by atoms with E-state index in [-0.39, 0.29) is 6.10 Å². The van der Waals surface area contributed by atoms with Gasteiger partial charge in [-0.15, -0.1) is 0 Å². The van der Waals surface area contributed by atoms with E-state index < -0.39 is 0 Å². The SMILES string of the molecule is CCC(C#N)Oc1ccc2occc2c1. The van der Waals surface area contributed by atoms with Crippen LogP contribution in [-0.2, 0) is 0 Å². The van der Waals surface area contributed by atoms with Gasteiger partial charge >= 0.3 is 0 Å². The zero-order valence-corrected chi connectivity index (χ0v) is 8.43. The molecule has 0 saturated heterocycles. The average molecular weight is 201 g/mol. The normalized spacial score (nSPS) is 12.3. The number of furan rings is 1. The summed E-state index contributed by atoms with van der Waals surface area (Å²) in [4.78, 5) is 0. The first-order valence-corrected chi connectivity index (χ1v) is 4.87. The highest BCUT2D eigenvalue weighted by atomic mass is 16.5. The minimum atomic E-state index is -0.380. The molecule has 0 fully saturated rings. The second-order valence-electron chi connectivity index (χ2n) is 3.26. The Morgan fingerprint density at radius 2 is 2.33 bits per heavy atom. The number of nitriles is 1. The van der Waals surface area contributed by atoms with E-state index in [0.717, 1.165) is 11.0 Å². The van der Waals surface area contributed by atoms with Gasteiger partial charge < -0.3 is 9.15 Å². The van der Waals surface area contributed by atoms with Crippen LogP contribution in [0.1, 0.15) is 13.3 Å². The molecule has 76 valence electrons. The zero-order chi connectivity index (χ0) is 10.7. The van der Waals surface area contributed by atoms with Crippen LogP contribution in [0.4, 0.5) is 0 Å². The number of nitrogens with zero attached hydrogens (tertiary/aromatic N) is 1. The van der Waals surface area contributed by atoms with Gasteiger partial charge in [0, 0.05) is 5.39 Å². The molecule has 15 heavy (non-hydrogen) atoms. The second-order valence-corrected chi connectivity index (χ2v) is 3.26. The fourth-order valence-electron chi connectivity index (χ4n) is 1.38. The lowest BCUT2D eigenvalue weighted by molar-refractivity contribution is 0.252. The van der Waals surface area contributed by atoms with E-state index in [4.69, 9.17) is 14.4 Å². The molecule has 0 amide bonds. The van der Waals surface area contributed by atoms with E-state index in [9.17, 15) is 0 Å². The van der Waals surface area contributed by atoms with E-state index in [0.29, 0.717) is 12.2 Å². The standard InChI is InChI=1S/C12H11NO2/c1-2-10(8-13)15-11-3-4-12-9(7-11)5-6-14-12/h3-7,10H,2H2,1H3. The Bertz CT molecular complexity index is 496. The van der Waals surface area contributed by atoms with Crippen molar-refractivity contribution in [2.24, 2.45) is 0 Å². The van der Waals surface area contributed by atoms with Gasteiger partial charge in [0.05, 0.1) is 6.26 Å². The molecule has 0 spiro atoms. The Hall–Kier alpha value is -1.95. The lowest BCUT2D eigenvalue weighted by Gasteiger charge is -2.09. The van der Waals surface area contributed by atoms with Gasteiger partial charge in [0.25, 0.3) is 0 Å². The van der Waals surface area contributed by atoms with Crippen molar-refractivity contribution in [3.63, 3.8) is 0 Å². The smallest absolute Gasteiger partial charge is 0.184 e. The maximum Gasteiger partial charge on any atom is 0.184 e. The van der Waals surface area contributed by atoms with Crippen molar-refractivity contribution in [2.75, 3.05) is 0 Å². The minimum absolute atomic E-state index is 0.380. The molecule has 2 aromatic rings. The fraction of sp³-hybridized carbons (Fsp3) is 0.250. The molecular formula is C12H11NO2. The van der Waals surface area contributed by atoms with Crippen LogP contribution >= 0.6 is 0 Å². The monoisotopic (exact) mass is 201 g/mol. The maximum atomic E-state index is 8.77. The maximum absolute atomic E-state index is 8.77. The lowest BCUT2D eigenvalue weighted by Crippen LogP contribution is -2.11. The van der Waals surface area contributed by atoms with Gasteiger partial charge in [-0.1, -0.05) is 6.92 Å². The number of rotatable bonds is 3. The van der Waals surface area contributed by atoms with Crippen molar-refractivity contribution in [1.29, 1.82) is 5.26 Å². The predicted molar refractivity (Wildman–Crippen MR) is 56.5 cm³/mol. The Morgan fingerprint density at radius 3 is 3.07 bits per heavy atom. The average Bonchev–Trinajstić information content (AvgIpc) is 2.73. The number of fused-ring (bicyclic) bond motifs is 1. The van der Waals surface area contributed by atoms with E-state index in [1.54, 1.807) is 6.26 Å². The van der Waals surface area contributed by atoms with Crippen LogP contribution in [0.5, 0.6) is 5.75 Å². The molecular weight excluding hydrogens is 190 g/mol. The molecule has 2 rings (SSSR count). The summed E-state index contributed by atoms with van der Waals surface area (Å²) in [5.41, 5.74) is 0.826. The number of hydrogen-bond donors (Lipinski definition) is 0. The van der Waals surface area contributed by atoms with E-state index in [1.807, 2.05) is 31.2 Å². The molecule has 0 saturated carbocycles. The molecule has 0 radical (unpaired) electrons. The van der Waals surface area contributed by atoms with Crippen LogP contribution in [0.25, 0.3) is 11.0 Å². The Balaban J connectivity index is 2.25. The minimum Gasteiger partial charge on any atom is -0.476 e. The molecule has 1 heterocycles. The molecule has 0 aliphatic rings. The molecule has 3 heteroatoms. The molecule has 3 nitrogen and oxygen atoms in total. The van der Waals surface area contributed by atoms with Crippen molar-refractivity contribution < 1.29 is 9.15 Å². The molecule has 0 aliphatic carbocycles. The highest BCUT2D eigenvalue weighted by molar-refractivity contribution is 5.78. The highest BCUT2D eigenvalue weighted by Gasteiger charge is 2.06. The van der Waals surface area contributed by atoms with E-state index in [1.165, 1.54) is 0 Å². The summed E-state index contributed by atoms with van der Waals surface area (Å²) < 4.78 is 10.7. The first kappa shape index (κ1) is 9.60. The van der Waals surface area contributed by atoms with Gasteiger partial charge in [0.1, 0.15) is 17.4 Å². The molecule has 1 aromatic heterocycles. The van der Waals surface area contributed by atoms with Crippen LogP contribution < -0.4 is 4.74 Å². The van der Waals surface area contributed by atoms with E-state index >= 15 is 0 Å². The molecule has 1 aromatic carbocycles. The van der Waals surface area contributed by atoms with Crippen molar-refractivity contribution in [3.8, 4) is 11.8 Å². The predicted octanol–water partition coefficient (Wildman–Crippen LogP) is 3.11. The van der Waals surface area contributed by atoms with Gasteiger partial charge in [0.2, 0.25) is 0 Å². The Morgan fingerprint density at radius 1 is 1.47 bits per heavy atom. The van der Waals surface area contributed by atoms with Gasteiger partial charge in [-0.05, 0) is 30.7 Å². The summed E-state index contributed by atoms with van der Waals surface area (Å²) >= 11 is 0. The van der Waals surface area contributed by atoms with Crippen LogP contribution in [0.2, 0.25) is 0 Å². The van der Waals surface area contributed by atoms with Crippen molar-refractivity contribution in [2.45, 2.75) is 19.4 Å². The Labute approximate surface area is 87.9 Å². The third-order valence-corrected chi connectivity index (χ3v) is 2.22. The molecule has 1 unspecified atom stereocenters. The quantitative estimate of drug-likeness (QED) is 0.766. The summed E-state index contributed by atoms with van der Waals surface area (Å²) in [5.74, 6) is 0.706. The summed E-state index contributed by atoms with van der Waals surface area (Å²) in [6.07, 6.45) is 1.94. The molecule has 0 N–H and O–H groups in total. The first-order valence-electron chi connectivity index (χ1n) is 4.87. The number of benzene rings is 1. The van der Waals surface area contributed by atoms with Crippen LogP contribution in [0, 0.1) is 11.3 Å². The van der Waals surface area contributed by atoms with Crippen LogP contribution in [-0.4, -0.2) is 6.10 Å². The second kappa shape index (κ2) is 4.05. The van der Waals surface area contributed by atoms with Crippen LogP contribution in [0.15, 0.2) is 34.9 Å². The van der Waals surface area contributed by atoms with Crippen molar-refractivity contribution >= 4 is 11.0 Å². The zero-order valence-electron chi connectivity index (χ0n) is 8.43. The summed E-state index contributed by atoms with van der Waals surface area (Å²) in [6.45, 7) is 1.92. The van der Waals surface area contributed by atoms with Gasteiger partial charge in [-0.2, -0.15) is 5.26 Å². The van der Waals surface area contributed by atoms with Crippen molar-refractivity contribution in [3.05, 3.63) is 30.5 Å². The Kier molecular flexibility index (Phi) is 2.59.